The standard InChI is InChI=1S/C17H25N5O/c1-10(2)22-15-14(8-19-22)13(7-11(3)20-15)16(23)21-17(4,9-18)12-5-6-12/h7-8,10,12H,5-6,9,18H2,1-4H3,(H,21,23). The zero-order valence-corrected chi connectivity index (χ0v) is 14.3. The van der Waals surface area contributed by atoms with Gasteiger partial charge >= 0.3 is 0 Å². The van der Waals surface area contributed by atoms with Crippen LogP contribution in [0.15, 0.2) is 12.3 Å². The maximum absolute atomic E-state index is 12.9. The highest BCUT2D eigenvalue weighted by molar-refractivity contribution is 6.05. The van der Waals surface area contributed by atoms with Crippen molar-refractivity contribution in [1.82, 2.24) is 20.1 Å². The molecule has 6 nitrogen and oxygen atoms in total. The highest BCUT2D eigenvalue weighted by Gasteiger charge is 2.41. The molecule has 1 amide bonds. The third-order valence-corrected chi connectivity index (χ3v) is 4.73. The van der Waals surface area contributed by atoms with Gasteiger partial charge in [-0.3, -0.25) is 4.79 Å². The molecular weight excluding hydrogens is 290 g/mol. The zero-order chi connectivity index (χ0) is 16.8. The van der Waals surface area contributed by atoms with Crippen LogP contribution in [-0.2, 0) is 0 Å². The minimum atomic E-state index is -0.339. The smallest absolute Gasteiger partial charge is 0.252 e. The minimum Gasteiger partial charge on any atom is -0.345 e. The topological polar surface area (TPSA) is 85.8 Å². The number of nitrogens with one attached hydrogen (secondary N) is 1. The number of amides is 1. The molecule has 1 aliphatic carbocycles. The second-order valence-electron chi connectivity index (χ2n) is 7.08. The number of carbonyl (C=O) groups excluding carboxylic acids is 1. The fourth-order valence-electron chi connectivity index (χ4n) is 3.08. The van der Waals surface area contributed by atoms with E-state index in [9.17, 15) is 4.79 Å². The number of nitrogens with zero attached hydrogens (tertiary/aromatic N) is 3. The third-order valence-electron chi connectivity index (χ3n) is 4.73. The van der Waals surface area contributed by atoms with Gasteiger partial charge in [-0.1, -0.05) is 0 Å². The predicted octanol–water partition coefficient (Wildman–Crippen LogP) is 2.18. The molecule has 3 N–H and O–H groups in total. The van der Waals surface area contributed by atoms with E-state index < -0.39 is 0 Å². The van der Waals surface area contributed by atoms with Gasteiger partial charge in [0.25, 0.3) is 5.91 Å². The summed E-state index contributed by atoms with van der Waals surface area (Å²) in [6.45, 7) is 8.48. The molecule has 0 radical (unpaired) electrons. The van der Waals surface area contributed by atoms with Crippen LogP contribution in [0, 0.1) is 12.8 Å². The van der Waals surface area contributed by atoms with Gasteiger partial charge in [0.2, 0.25) is 0 Å². The number of carbonyl (C=O) groups is 1. The Labute approximate surface area is 136 Å². The van der Waals surface area contributed by atoms with Crippen LogP contribution < -0.4 is 11.1 Å². The molecule has 0 spiro atoms. The lowest BCUT2D eigenvalue weighted by Crippen LogP contribution is -2.53. The molecule has 6 heteroatoms. The van der Waals surface area contributed by atoms with Crippen molar-refractivity contribution in [3.05, 3.63) is 23.5 Å². The number of hydrogen-bond acceptors (Lipinski definition) is 4. The summed E-state index contributed by atoms with van der Waals surface area (Å²) >= 11 is 0. The van der Waals surface area contributed by atoms with Gasteiger partial charge in [0.1, 0.15) is 0 Å². The molecule has 3 rings (SSSR count). The van der Waals surface area contributed by atoms with Crippen LogP contribution in [0.3, 0.4) is 0 Å². The molecule has 1 atom stereocenters. The van der Waals surface area contributed by atoms with Gasteiger partial charge in [-0.15, -0.1) is 0 Å². The summed E-state index contributed by atoms with van der Waals surface area (Å²) in [5.74, 6) is 0.386. The molecule has 2 aromatic heterocycles. The fourth-order valence-corrected chi connectivity index (χ4v) is 3.08. The Bertz CT molecular complexity index is 747. The molecule has 0 aromatic carbocycles. The SMILES string of the molecule is Cc1cc(C(=O)NC(C)(CN)C2CC2)c2cnn(C(C)C)c2n1. The van der Waals surface area contributed by atoms with Crippen LogP contribution in [0.4, 0.5) is 0 Å². The molecule has 1 saturated carbocycles. The van der Waals surface area contributed by atoms with Crippen molar-refractivity contribution in [2.24, 2.45) is 11.7 Å². The summed E-state index contributed by atoms with van der Waals surface area (Å²) in [6.07, 6.45) is 3.99. The van der Waals surface area contributed by atoms with E-state index in [1.807, 2.05) is 24.6 Å². The summed E-state index contributed by atoms with van der Waals surface area (Å²) in [6, 6.07) is 2.02. The maximum Gasteiger partial charge on any atom is 0.252 e. The Morgan fingerprint density at radius 2 is 2.22 bits per heavy atom. The first kappa shape index (κ1) is 15.9. The van der Waals surface area contributed by atoms with Gasteiger partial charge in [0.05, 0.1) is 22.7 Å². The predicted molar refractivity (Wildman–Crippen MR) is 90.3 cm³/mol. The van der Waals surface area contributed by atoms with Crippen molar-refractivity contribution in [2.75, 3.05) is 6.54 Å². The summed E-state index contributed by atoms with van der Waals surface area (Å²) < 4.78 is 1.85. The number of fused-ring (bicyclic) bond motifs is 1. The lowest BCUT2D eigenvalue weighted by molar-refractivity contribution is 0.0899. The molecule has 1 unspecified atom stereocenters. The normalized spacial score (nSPS) is 17.5. The van der Waals surface area contributed by atoms with Gasteiger partial charge in [-0.05, 0) is 52.5 Å². The lowest BCUT2D eigenvalue weighted by atomic mass is 9.95. The third kappa shape index (κ3) is 2.83. The number of hydrogen-bond donors (Lipinski definition) is 2. The van der Waals surface area contributed by atoms with Crippen molar-refractivity contribution in [2.45, 2.75) is 52.1 Å². The Hall–Kier alpha value is -1.95. The molecule has 23 heavy (non-hydrogen) atoms. The Morgan fingerprint density at radius 1 is 1.52 bits per heavy atom. The zero-order valence-electron chi connectivity index (χ0n) is 14.3. The summed E-state index contributed by atoms with van der Waals surface area (Å²) in [7, 11) is 0. The Kier molecular flexibility index (Phi) is 3.88. The Morgan fingerprint density at radius 3 is 2.78 bits per heavy atom. The van der Waals surface area contributed by atoms with E-state index in [1.165, 1.54) is 0 Å². The van der Waals surface area contributed by atoms with E-state index in [-0.39, 0.29) is 17.5 Å². The summed E-state index contributed by atoms with van der Waals surface area (Å²) in [5.41, 5.74) is 7.77. The van der Waals surface area contributed by atoms with Crippen LogP contribution >= 0.6 is 0 Å². The lowest BCUT2D eigenvalue weighted by Gasteiger charge is -2.29. The van der Waals surface area contributed by atoms with Crippen molar-refractivity contribution in [3.8, 4) is 0 Å². The monoisotopic (exact) mass is 315 g/mol. The number of aromatic nitrogens is 3. The molecule has 124 valence electrons. The van der Waals surface area contributed by atoms with E-state index in [2.05, 4.69) is 29.2 Å². The van der Waals surface area contributed by atoms with Crippen molar-refractivity contribution >= 4 is 16.9 Å². The molecule has 0 saturated heterocycles. The molecule has 2 aromatic rings. The fraction of sp³-hybridized carbons (Fsp3) is 0.588. The Balaban J connectivity index is 2.00. The van der Waals surface area contributed by atoms with Crippen LogP contribution in [0.25, 0.3) is 11.0 Å². The first-order valence-corrected chi connectivity index (χ1v) is 8.23. The van der Waals surface area contributed by atoms with E-state index in [1.54, 1.807) is 6.20 Å². The average molecular weight is 315 g/mol. The largest absolute Gasteiger partial charge is 0.345 e. The van der Waals surface area contributed by atoms with Crippen LogP contribution in [-0.4, -0.2) is 32.8 Å². The second-order valence-corrected chi connectivity index (χ2v) is 7.08. The number of aryl methyl sites for hydroxylation is 1. The highest BCUT2D eigenvalue weighted by Crippen LogP contribution is 2.39. The molecule has 0 bridgehead atoms. The van der Waals surface area contributed by atoms with E-state index in [0.717, 1.165) is 29.6 Å². The van der Waals surface area contributed by atoms with Gasteiger partial charge in [0.15, 0.2) is 5.65 Å². The highest BCUT2D eigenvalue weighted by atomic mass is 16.1. The number of nitrogens with two attached hydrogens (primary N) is 1. The van der Waals surface area contributed by atoms with E-state index in [4.69, 9.17) is 5.73 Å². The van der Waals surface area contributed by atoms with E-state index >= 15 is 0 Å². The van der Waals surface area contributed by atoms with Crippen molar-refractivity contribution in [1.29, 1.82) is 0 Å². The summed E-state index contributed by atoms with van der Waals surface area (Å²) in [4.78, 5) is 17.4. The van der Waals surface area contributed by atoms with Crippen molar-refractivity contribution < 1.29 is 4.79 Å². The summed E-state index contributed by atoms with van der Waals surface area (Å²) in [5, 5.41) is 8.33. The molecular formula is C17H25N5O. The quantitative estimate of drug-likeness (QED) is 0.885. The van der Waals surface area contributed by atoms with Gasteiger partial charge < -0.3 is 11.1 Å². The van der Waals surface area contributed by atoms with Gasteiger partial charge in [0, 0.05) is 18.3 Å². The minimum absolute atomic E-state index is 0.0938. The number of pyridine rings is 1. The molecule has 1 aliphatic rings. The maximum atomic E-state index is 12.9. The molecule has 2 heterocycles. The van der Waals surface area contributed by atoms with Gasteiger partial charge in [-0.2, -0.15) is 5.10 Å². The van der Waals surface area contributed by atoms with Crippen molar-refractivity contribution in [3.63, 3.8) is 0 Å². The van der Waals surface area contributed by atoms with Crippen LogP contribution in [0.1, 0.15) is 55.7 Å². The average Bonchev–Trinajstić information content (AvgIpc) is 3.27. The molecule has 1 fully saturated rings. The molecule has 0 aliphatic heterocycles. The van der Waals surface area contributed by atoms with E-state index in [0.29, 0.717) is 18.0 Å². The first-order valence-electron chi connectivity index (χ1n) is 8.23. The second kappa shape index (κ2) is 5.60. The number of rotatable bonds is 5. The van der Waals surface area contributed by atoms with Gasteiger partial charge in [-0.25, -0.2) is 9.67 Å². The van der Waals surface area contributed by atoms with Crippen LogP contribution in [0.2, 0.25) is 0 Å². The first-order chi connectivity index (χ1) is 10.9. The van der Waals surface area contributed by atoms with Crippen LogP contribution in [0.5, 0.6) is 0 Å².